The maximum absolute atomic E-state index is 10.1. The number of allylic oxidation sites excluding steroid dienone is 2. The number of ketones is 1. The van der Waals surface area contributed by atoms with E-state index in [0.717, 1.165) is 35.5 Å². The lowest BCUT2D eigenvalue weighted by molar-refractivity contribution is -0.119. The van der Waals surface area contributed by atoms with Crippen molar-refractivity contribution in [3.05, 3.63) is 53.1 Å². The van der Waals surface area contributed by atoms with Gasteiger partial charge in [0.25, 0.3) is 0 Å². The number of benzene rings is 1. The van der Waals surface area contributed by atoms with Crippen molar-refractivity contribution in [2.45, 2.75) is 141 Å². The third-order valence-corrected chi connectivity index (χ3v) is 8.78. The van der Waals surface area contributed by atoms with Crippen molar-refractivity contribution in [1.29, 1.82) is 0 Å². The minimum Gasteiger partial charge on any atom is -0.300 e. The van der Waals surface area contributed by atoms with Gasteiger partial charge in [-0.25, -0.2) is 0 Å². The SMILES string of the molecule is C=C(C)C(C)C.CC(=O)C(C)C.CC(C)CC1=Cc2ccccc2C1.CC(C)CC1CC2CCC1C2.CCC(C)C. The van der Waals surface area contributed by atoms with E-state index in [1.165, 1.54) is 42.4 Å². The highest BCUT2D eigenvalue weighted by Gasteiger charge is 2.39. The molecule has 2 bridgehead atoms. The zero-order valence-corrected chi connectivity index (χ0v) is 29.8. The van der Waals surface area contributed by atoms with Crippen molar-refractivity contribution in [2.24, 2.45) is 47.3 Å². The van der Waals surface area contributed by atoms with Gasteiger partial charge in [-0.05, 0) is 105 Å². The van der Waals surface area contributed by atoms with E-state index in [1.807, 2.05) is 20.8 Å². The molecule has 3 aliphatic carbocycles. The first-order chi connectivity index (χ1) is 19.1. The van der Waals surface area contributed by atoms with Crippen molar-refractivity contribution >= 4 is 11.9 Å². The van der Waals surface area contributed by atoms with E-state index in [4.69, 9.17) is 0 Å². The molecule has 0 spiro atoms. The summed E-state index contributed by atoms with van der Waals surface area (Å²) in [6.07, 6.45) is 13.8. The Bertz CT molecular complexity index is 864. The number of fused-ring (bicyclic) bond motifs is 3. The van der Waals surface area contributed by atoms with Gasteiger partial charge in [-0.2, -0.15) is 0 Å². The van der Waals surface area contributed by atoms with Gasteiger partial charge in [0.1, 0.15) is 5.78 Å². The Morgan fingerprint density at radius 2 is 1.37 bits per heavy atom. The van der Waals surface area contributed by atoms with E-state index in [0.29, 0.717) is 5.92 Å². The number of Topliss-reactive ketones (excluding diaryl/α,β-unsaturated/α-hetero) is 1. The summed E-state index contributed by atoms with van der Waals surface area (Å²) in [5.74, 6) is 7.12. The molecule has 1 nitrogen and oxygen atoms in total. The van der Waals surface area contributed by atoms with E-state index in [1.54, 1.807) is 38.2 Å². The molecule has 2 fully saturated rings. The lowest BCUT2D eigenvalue weighted by atomic mass is 9.83. The summed E-state index contributed by atoms with van der Waals surface area (Å²) in [6, 6.07) is 8.69. The monoisotopic (exact) mass is 567 g/mol. The number of hydrogen-bond acceptors (Lipinski definition) is 1. The number of hydrogen-bond donors (Lipinski definition) is 0. The summed E-state index contributed by atoms with van der Waals surface area (Å²) in [5.41, 5.74) is 5.78. The van der Waals surface area contributed by atoms with E-state index in [2.05, 4.69) is 99.2 Å². The van der Waals surface area contributed by atoms with Crippen molar-refractivity contribution in [2.75, 3.05) is 0 Å². The quantitative estimate of drug-likeness (QED) is 0.300. The lowest BCUT2D eigenvalue weighted by Crippen LogP contribution is -2.12. The van der Waals surface area contributed by atoms with Gasteiger partial charge < -0.3 is 0 Å². The summed E-state index contributed by atoms with van der Waals surface area (Å²) in [7, 11) is 0. The molecular formula is C40H70O. The highest BCUT2D eigenvalue weighted by Crippen LogP contribution is 2.50. The van der Waals surface area contributed by atoms with E-state index in [-0.39, 0.29) is 11.7 Å². The van der Waals surface area contributed by atoms with Gasteiger partial charge in [0.05, 0.1) is 0 Å². The summed E-state index contributed by atoms with van der Waals surface area (Å²) in [4.78, 5) is 10.1. The van der Waals surface area contributed by atoms with Crippen LogP contribution in [-0.4, -0.2) is 5.78 Å². The largest absolute Gasteiger partial charge is 0.300 e. The van der Waals surface area contributed by atoms with Gasteiger partial charge in [0, 0.05) is 5.92 Å². The molecule has 1 aromatic rings. The van der Waals surface area contributed by atoms with Crippen molar-refractivity contribution in [3.63, 3.8) is 0 Å². The van der Waals surface area contributed by atoms with Crippen LogP contribution in [0.25, 0.3) is 6.08 Å². The Morgan fingerprint density at radius 1 is 0.829 bits per heavy atom. The minimum atomic E-state index is 0.213. The molecule has 41 heavy (non-hydrogen) atoms. The zero-order valence-electron chi connectivity index (χ0n) is 29.8. The summed E-state index contributed by atoms with van der Waals surface area (Å²) in [5, 5.41) is 0. The summed E-state index contributed by atoms with van der Waals surface area (Å²) in [6.45, 7) is 31.4. The molecule has 0 amide bonds. The first-order valence-electron chi connectivity index (χ1n) is 17.0. The molecule has 0 saturated heterocycles. The molecule has 2 saturated carbocycles. The highest BCUT2D eigenvalue weighted by atomic mass is 16.1. The summed E-state index contributed by atoms with van der Waals surface area (Å²) < 4.78 is 0. The van der Waals surface area contributed by atoms with E-state index in [9.17, 15) is 4.79 Å². The molecule has 3 aliphatic rings. The Kier molecular flexibility index (Phi) is 20.3. The molecule has 3 unspecified atom stereocenters. The van der Waals surface area contributed by atoms with Crippen LogP contribution in [0.3, 0.4) is 0 Å². The van der Waals surface area contributed by atoms with Crippen LogP contribution in [0.4, 0.5) is 0 Å². The smallest absolute Gasteiger partial charge is 0.132 e. The number of carbonyl (C=O) groups excluding carboxylic acids is 1. The van der Waals surface area contributed by atoms with Crippen LogP contribution in [0.2, 0.25) is 0 Å². The molecule has 3 atom stereocenters. The molecule has 0 aliphatic heterocycles. The van der Waals surface area contributed by atoms with Gasteiger partial charge in [0.2, 0.25) is 0 Å². The van der Waals surface area contributed by atoms with Crippen LogP contribution in [-0.2, 0) is 11.2 Å². The summed E-state index contributed by atoms with van der Waals surface area (Å²) >= 11 is 0. The van der Waals surface area contributed by atoms with Gasteiger partial charge in [-0.1, -0.05) is 137 Å². The average molecular weight is 567 g/mol. The molecule has 236 valence electrons. The maximum atomic E-state index is 10.1. The topological polar surface area (TPSA) is 17.1 Å². The fraction of sp³-hybridized carbons (Fsp3) is 0.725. The Balaban J connectivity index is 0.000000519. The predicted octanol–water partition coefficient (Wildman–Crippen LogP) is 12.6. The maximum Gasteiger partial charge on any atom is 0.132 e. The predicted molar refractivity (Wildman–Crippen MR) is 186 cm³/mol. The third-order valence-electron chi connectivity index (χ3n) is 8.78. The lowest BCUT2D eigenvalue weighted by Gasteiger charge is -2.22. The zero-order chi connectivity index (χ0) is 31.7. The second kappa shape index (κ2) is 21.1. The van der Waals surface area contributed by atoms with Gasteiger partial charge in [0.15, 0.2) is 0 Å². The molecule has 1 aromatic carbocycles. The Morgan fingerprint density at radius 3 is 1.71 bits per heavy atom. The van der Waals surface area contributed by atoms with Crippen molar-refractivity contribution < 1.29 is 4.79 Å². The third kappa shape index (κ3) is 18.5. The Hall–Kier alpha value is -1.63. The van der Waals surface area contributed by atoms with Gasteiger partial charge in [-0.3, -0.25) is 4.79 Å². The fourth-order valence-corrected chi connectivity index (χ4v) is 5.28. The molecule has 1 heteroatoms. The minimum absolute atomic E-state index is 0.213. The van der Waals surface area contributed by atoms with Crippen LogP contribution in [0.5, 0.6) is 0 Å². The highest BCUT2D eigenvalue weighted by molar-refractivity contribution is 5.77. The van der Waals surface area contributed by atoms with Crippen molar-refractivity contribution in [3.8, 4) is 0 Å². The van der Waals surface area contributed by atoms with Crippen LogP contribution < -0.4 is 0 Å². The van der Waals surface area contributed by atoms with E-state index >= 15 is 0 Å². The van der Waals surface area contributed by atoms with Crippen LogP contribution in [0, 0.1) is 47.3 Å². The number of carbonyl (C=O) groups is 1. The van der Waals surface area contributed by atoms with E-state index < -0.39 is 0 Å². The molecule has 0 heterocycles. The normalized spacial score (nSPS) is 19.9. The molecule has 0 aromatic heterocycles. The molecular weight excluding hydrogens is 496 g/mol. The second-order valence-corrected chi connectivity index (χ2v) is 14.9. The van der Waals surface area contributed by atoms with Crippen LogP contribution >= 0.6 is 0 Å². The standard InChI is InChI=1S/C13H16.C11H20.C6H12.C5H10O.C5H12/c1-10(2)7-11-8-12-5-3-4-6-13(12)9-11;1-8(2)5-11-7-9-3-4-10(11)6-9;1-5(2)6(3)4;1-4(2)5(3)6;1-4-5(2)3/h3-6,8,10H,7,9H2,1-2H3;8-11H,3-7H2,1-2H3;6H,1H2,2-4H3;4H,1-3H3;5H,4H2,1-3H3. The Labute approximate surface area is 258 Å². The van der Waals surface area contributed by atoms with Crippen molar-refractivity contribution in [1.82, 2.24) is 0 Å². The fourth-order valence-electron chi connectivity index (χ4n) is 5.28. The number of rotatable bonds is 7. The first kappa shape index (κ1) is 39.4. The second-order valence-electron chi connectivity index (χ2n) is 14.9. The first-order valence-corrected chi connectivity index (χ1v) is 17.0. The average Bonchev–Trinajstić information content (AvgIpc) is 3.60. The molecule has 0 N–H and O–H groups in total. The molecule has 0 radical (unpaired) electrons. The molecule has 4 rings (SSSR count). The van der Waals surface area contributed by atoms with Crippen LogP contribution in [0.1, 0.15) is 146 Å². The van der Waals surface area contributed by atoms with Crippen LogP contribution in [0.15, 0.2) is 42.0 Å². The van der Waals surface area contributed by atoms with Gasteiger partial charge >= 0.3 is 0 Å². The van der Waals surface area contributed by atoms with Gasteiger partial charge in [-0.15, -0.1) is 0 Å².